The fourth-order valence-electron chi connectivity index (χ4n) is 2.74. The van der Waals surface area contributed by atoms with Crippen LogP contribution < -0.4 is 19.5 Å². The zero-order valence-electron chi connectivity index (χ0n) is 15.2. The Morgan fingerprint density at radius 2 is 2.00 bits per heavy atom. The van der Waals surface area contributed by atoms with Gasteiger partial charge in [0.25, 0.3) is 5.91 Å². The molecule has 0 radical (unpaired) electrons. The van der Waals surface area contributed by atoms with E-state index in [9.17, 15) is 10.1 Å². The van der Waals surface area contributed by atoms with Crippen LogP contribution in [-0.4, -0.2) is 19.3 Å². The number of hydrogen-bond acceptors (Lipinski definition) is 5. The van der Waals surface area contributed by atoms with Crippen LogP contribution in [-0.2, 0) is 4.79 Å². The number of benzene rings is 2. The van der Waals surface area contributed by atoms with Crippen molar-refractivity contribution in [2.45, 2.75) is 19.9 Å². The fraction of sp³-hybridized carbons (Fsp3) is 0.238. The second-order valence-corrected chi connectivity index (χ2v) is 5.95. The first-order valence-corrected chi connectivity index (χ1v) is 8.66. The van der Waals surface area contributed by atoms with Crippen molar-refractivity contribution in [3.8, 4) is 23.3 Å². The monoisotopic (exact) mass is 364 g/mol. The van der Waals surface area contributed by atoms with Gasteiger partial charge < -0.3 is 19.5 Å². The molecule has 1 N–H and O–H groups in total. The Morgan fingerprint density at radius 3 is 2.67 bits per heavy atom. The number of hydrogen-bond donors (Lipinski definition) is 1. The third-order valence-electron chi connectivity index (χ3n) is 4.12. The molecule has 0 unspecified atom stereocenters. The molecule has 138 valence electrons. The Bertz CT molecular complexity index is 900. The van der Waals surface area contributed by atoms with Crippen molar-refractivity contribution < 1.29 is 19.0 Å². The summed E-state index contributed by atoms with van der Waals surface area (Å²) in [6.07, 6.45) is 1.50. The number of carbonyl (C=O) groups excluding carboxylic acids is 1. The molecule has 2 aromatic rings. The SMILES string of the molecule is CCOc1cc2c(cc1/C=C(/C#N)C(=O)N[C@H](C)c1ccccc1)OCO2. The van der Waals surface area contributed by atoms with E-state index in [-0.39, 0.29) is 18.4 Å². The summed E-state index contributed by atoms with van der Waals surface area (Å²) in [5, 5.41) is 12.3. The number of nitrogens with zero attached hydrogens (tertiary/aromatic N) is 1. The highest BCUT2D eigenvalue weighted by Crippen LogP contribution is 2.39. The van der Waals surface area contributed by atoms with Gasteiger partial charge in [-0.15, -0.1) is 0 Å². The molecule has 6 heteroatoms. The minimum Gasteiger partial charge on any atom is -0.493 e. The van der Waals surface area contributed by atoms with Crippen LogP contribution in [0, 0.1) is 11.3 Å². The maximum Gasteiger partial charge on any atom is 0.262 e. The lowest BCUT2D eigenvalue weighted by atomic mass is 10.1. The number of rotatable bonds is 6. The van der Waals surface area contributed by atoms with Crippen molar-refractivity contribution in [2.24, 2.45) is 0 Å². The average Bonchev–Trinajstić information content (AvgIpc) is 3.14. The van der Waals surface area contributed by atoms with Gasteiger partial charge in [-0.05, 0) is 31.6 Å². The molecule has 1 atom stereocenters. The average molecular weight is 364 g/mol. The van der Waals surface area contributed by atoms with Crippen molar-refractivity contribution in [3.05, 3.63) is 59.2 Å². The van der Waals surface area contributed by atoms with Gasteiger partial charge in [0.15, 0.2) is 11.5 Å². The Balaban J connectivity index is 1.85. The molecule has 0 fully saturated rings. The van der Waals surface area contributed by atoms with Gasteiger partial charge in [0.1, 0.15) is 17.4 Å². The topological polar surface area (TPSA) is 80.6 Å². The van der Waals surface area contributed by atoms with E-state index < -0.39 is 5.91 Å². The number of nitrogens with one attached hydrogen (secondary N) is 1. The van der Waals surface area contributed by atoms with Crippen LogP contribution in [0.3, 0.4) is 0 Å². The van der Waals surface area contributed by atoms with Crippen molar-refractivity contribution in [1.82, 2.24) is 5.32 Å². The second kappa shape index (κ2) is 8.28. The molecule has 2 aromatic carbocycles. The summed E-state index contributed by atoms with van der Waals surface area (Å²) in [5.74, 6) is 1.21. The summed E-state index contributed by atoms with van der Waals surface area (Å²) in [6, 6.07) is 14.7. The Kier molecular flexibility index (Phi) is 5.62. The summed E-state index contributed by atoms with van der Waals surface area (Å²) in [7, 11) is 0. The third kappa shape index (κ3) is 4.21. The molecule has 27 heavy (non-hydrogen) atoms. The summed E-state index contributed by atoms with van der Waals surface area (Å²) in [6.45, 7) is 4.31. The van der Waals surface area contributed by atoms with Gasteiger partial charge in [-0.2, -0.15) is 5.26 Å². The van der Waals surface area contributed by atoms with Crippen molar-refractivity contribution in [3.63, 3.8) is 0 Å². The summed E-state index contributed by atoms with van der Waals surface area (Å²) < 4.78 is 16.4. The first-order chi connectivity index (χ1) is 13.1. The summed E-state index contributed by atoms with van der Waals surface area (Å²) in [5.41, 5.74) is 1.53. The number of ether oxygens (including phenoxy) is 3. The van der Waals surface area contributed by atoms with Gasteiger partial charge in [0, 0.05) is 11.6 Å². The Morgan fingerprint density at radius 1 is 1.30 bits per heavy atom. The number of fused-ring (bicyclic) bond motifs is 1. The molecule has 0 aliphatic carbocycles. The van der Waals surface area contributed by atoms with Crippen molar-refractivity contribution >= 4 is 12.0 Å². The highest BCUT2D eigenvalue weighted by molar-refractivity contribution is 6.02. The van der Waals surface area contributed by atoms with Gasteiger partial charge in [0.2, 0.25) is 6.79 Å². The minimum absolute atomic E-state index is 0.0161. The highest BCUT2D eigenvalue weighted by atomic mass is 16.7. The van der Waals surface area contributed by atoms with Crippen molar-refractivity contribution in [1.29, 1.82) is 5.26 Å². The molecule has 0 saturated carbocycles. The summed E-state index contributed by atoms with van der Waals surface area (Å²) >= 11 is 0. The lowest BCUT2D eigenvalue weighted by Gasteiger charge is -2.14. The smallest absolute Gasteiger partial charge is 0.262 e. The fourth-order valence-corrected chi connectivity index (χ4v) is 2.74. The first-order valence-electron chi connectivity index (χ1n) is 8.66. The van der Waals surface area contributed by atoms with Gasteiger partial charge >= 0.3 is 0 Å². The Labute approximate surface area is 158 Å². The van der Waals surface area contributed by atoms with Crippen LogP contribution in [0.1, 0.15) is 31.0 Å². The van der Waals surface area contributed by atoms with Crippen LogP contribution >= 0.6 is 0 Å². The van der Waals surface area contributed by atoms with Crippen LogP contribution in [0.4, 0.5) is 0 Å². The molecule has 3 rings (SSSR count). The van der Waals surface area contributed by atoms with E-state index in [0.717, 1.165) is 5.56 Å². The highest BCUT2D eigenvalue weighted by Gasteiger charge is 2.19. The molecule has 0 spiro atoms. The second-order valence-electron chi connectivity index (χ2n) is 5.95. The maximum absolute atomic E-state index is 12.6. The van der Waals surface area contributed by atoms with E-state index in [1.165, 1.54) is 6.08 Å². The predicted molar refractivity (Wildman–Crippen MR) is 100 cm³/mol. The largest absolute Gasteiger partial charge is 0.493 e. The zero-order chi connectivity index (χ0) is 19.2. The van der Waals surface area contributed by atoms with Crippen LogP contribution in [0.15, 0.2) is 48.0 Å². The van der Waals surface area contributed by atoms with E-state index in [1.807, 2.05) is 50.2 Å². The first kappa shape index (κ1) is 18.3. The zero-order valence-corrected chi connectivity index (χ0v) is 15.2. The number of carbonyl (C=O) groups is 1. The molecule has 1 aliphatic rings. The van der Waals surface area contributed by atoms with Crippen LogP contribution in [0.25, 0.3) is 6.08 Å². The van der Waals surface area contributed by atoms with Gasteiger partial charge in [-0.25, -0.2) is 0 Å². The third-order valence-corrected chi connectivity index (χ3v) is 4.12. The minimum atomic E-state index is -0.450. The molecular weight excluding hydrogens is 344 g/mol. The van der Waals surface area contributed by atoms with E-state index >= 15 is 0 Å². The van der Waals surface area contributed by atoms with Crippen molar-refractivity contribution in [2.75, 3.05) is 13.4 Å². The maximum atomic E-state index is 12.6. The standard InChI is InChI=1S/C21H20N2O4/c1-3-25-18-11-20-19(26-13-27-20)10-16(18)9-17(12-22)21(24)23-14(2)15-7-5-4-6-8-15/h4-11,14H,3,13H2,1-2H3,(H,23,24)/b17-9-/t14-/m1/s1. The van der Waals surface area contributed by atoms with Gasteiger partial charge in [-0.1, -0.05) is 30.3 Å². The lowest BCUT2D eigenvalue weighted by molar-refractivity contribution is -0.117. The molecule has 0 saturated heterocycles. The van der Waals surface area contributed by atoms with Gasteiger partial charge in [0.05, 0.1) is 12.6 Å². The normalized spacial score (nSPS) is 13.6. The quantitative estimate of drug-likeness (QED) is 0.626. The molecule has 1 aliphatic heterocycles. The molecule has 0 bridgehead atoms. The summed E-state index contributed by atoms with van der Waals surface area (Å²) in [4.78, 5) is 12.6. The van der Waals surface area contributed by atoms with E-state index in [1.54, 1.807) is 12.1 Å². The lowest BCUT2D eigenvalue weighted by Crippen LogP contribution is -2.27. The number of amides is 1. The van der Waals surface area contributed by atoms with E-state index in [0.29, 0.717) is 29.4 Å². The Hall–Kier alpha value is -3.46. The number of nitriles is 1. The molecule has 1 heterocycles. The van der Waals surface area contributed by atoms with Gasteiger partial charge in [-0.3, -0.25) is 4.79 Å². The van der Waals surface area contributed by atoms with E-state index in [2.05, 4.69) is 5.32 Å². The predicted octanol–water partition coefficient (Wildman–Crippen LogP) is 3.60. The molecule has 0 aromatic heterocycles. The van der Waals surface area contributed by atoms with Crippen LogP contribution in [0.2, 0.25) is 0 Å². The molecule has 1 amide bonds. The molecular formula is C21H20N2O4. The van der Waals surface area contributed by atoms with E-state index in [4.69, 9.17) is 14.2 Å². The van der Waals surface area contributed by atoms with Crippen LogP contribution in [0.5, 0.6) is 17.2 Å². The molecule has 6 nitrogen and oxygen atoms in total.